The number of hydrogen-bond donors (Lipinski definition) is 1. The van der Waals surface area contributed by atoms with E-state index in [-0.39, 0.29) is 59.7 Å². The first kappa shape index (κ1) is 62.5. The van der Waals surface area contributed by atoms with Crippen molar-refractivity contribution in [3.63, 3.8) is 0 Å². The van der Waals surface area contributed by atoms with Crippen LogP contribution < -0.4 is 15.1 Å². The van der Waals surface area contributed by atoms with E-state index in [1.54, 1.807) is 16.7 Å². The van der Waals surface area contributed by atoms with E-state index in [1.807, 2.05) is 71.3 Å². The molecule has 7 heteroatoms. The molecule has 0 bridgehead atoms. The zero-order valence-corrected chi connectivity index (χ0v) is 65.5. The highest BCUT2D eigenvalue weighted by Crippen LogP contribution is 2.45. The highest BCUT2D eigenvalue weighted by Gasteiger charge is 2.22. The minimum absolute atomic E-state index is 0.0876. The van der Waals surface area contributed by atoms with Gasteiger partial charge in [0.2, 0.25) is 0 Å². The van der Waals surface area contributed by atoms with Crippen LogP contribution in [0.4, 0.5) is 45.5 Å². The van der Waals surface area contributed by atoms with Gasteiger partial charge in [0.15, 0.2) is 0 Å². The molecule has 0 unspecified atom stereocenters. The van der Waals surface area contributed by atoms with E-state index in [1.165, 1.54) is 27.8 Å². The highest BCUT2D eigenvalue weighted by molar-refractivity contribution is 6.32. The Morgan fingerprint density at radius 2 is 0.570 bits per heavy atom. The van der Waals surface area contributed by atoms with Crippen molar-refractivity contribution in [2.75, 3.05) is 15.1 Å². The third kappa shape index (κ3) is 15.5. The van der Waals surface area contributed by atoms with Gasteiger partial charge in [-0.25, -0.2) is 0 Å². The van der Waals surface area contributed by atoms with Crippen LogP contribution in [0.5, 0.6) is 0 Å². The van der Waals surface area contributed by atoms with Crippen molar-refractivity contribution in [3.8, 4) is 44.8 Å². The van der Waals surface area contributed by atoms with Gasteiger partial charge in [-0.3, -0.25) is 0 Å². The lowest BCUT2D eigenvalue weighted by molar-refractivity contribution is 0.866. The quantitative estimate of drug-likeness (QED) is 0.105. The van der Waals surface area contributed by atoms with Gasteiger partial charge in [-0.2, -0.15) is 0 Å². The molecule has 2 heterocycles. The average Bonchev–Trinajstić information content (AvgIpc) is 1.57. The number of anilines is 8. The molecule has 5 nitrogen and oxygen atoms in total. The molecule has 0 aliphatic carbocycles. The fourth-order valence-electron chi connectivity index (χ4n) is 15.2. The van der Waals surface area contributed by atoms with Crippen LogP contribution in [0, 0.1) is 0 Å². The first-order valence-corrected chi connectivity index (χ1v) is 39.3. The van der Waals surface area contributed by atoms with Crippen LogP contribution in [0.15, 0.2) is 394 Å². The van der Waals surface area contributed by atoms with Gasteiger partial charge in [-0.15, -0.1) is 0 Å². The number of benzene rings is 17. The predicted octanol–water partition coefficient (Wildman–Crippen LogP) is 31.9. The Morgan fingerprint density at radius 3 is 1.00 bits per heavy atom. The number of nitrogens with zero attached hydrogens (tertiary/aromatic N) is 4. The molecule has 2 aromatic heterocycles. The maximum absolute atomic E-state index is 9.36. The van der Waals surface area contributed by atoms with Gasteiger partial charge in [0.1, 0.15) is 0 Å². The fourth-order valence-corrected chi connectivity index (χ4v) is 15.5. The van der Waals surface area contributed by atoms with Crippen molar-refractivity contribution < 1.29 is 13.7 Å². The molecule has 0 radical (unpaired) electrons. The molecule has 0 aliphatic rings. The van der Waals surface area contributed by atoms with Crippen molar-refractivity contribution in [1.29, 1.82) is 0 Å². The monoisotopic (exact) mass is 1520 g/mol. The Bertz CT molecular complexity index is 7160. The number of rotatable bonds is 16. The zero-order chi connectivity index (χ0) is 86.5. The molecule has 19 rings (SSSR count). The predicted molar refractivity (Wildman–Crippen MR) is 491 cm³/mol. The first-order valence-electron chi connectivity index (χ1n) is 43.6. The summed E-state index contributed by atoms with van der Waals surface area (Å²) in [7, 11) is 0. The van der Waals surface area contributed by atoms with Gasteiger partial charge in [0, 0.05) is 88.5 Å². The number of fused-ring (bicyclic) bond motifs is 8. The van der Waals surface area contributed by atoms with Crippen LogP contribution in [0.25, 0.3) is 110 Å². The van der Waals surface area contributed by atoms with Crippen molar-refractivity contribution in [3.05, 3.63) is 421 Å². The smallest absolute Gasteiger partial charge is 0.0645 e. The largest absolute Gasteiger partial charge is 0.356 e. The van der Waals surface area contributed by atoms with Crippen LogP contribution in [0.2, 0.25) is 10.0 Å². The lowest BCUT2D eigenvalue weighted by atomic mass is 10.0. The van der Waals surface area contributed by atoms with E-state index in [2.05, 4.69) is 311 Å². The van der Waals surface area contributed by atoms with E-state index in [0.717, 1.165) is 116 Å². The molecule has 0 fully saturated rings. The molecule has 0 atom stereocenters. The molecule has 0 aliphatic heterocycles. The summed E-state index contributed by atoms with van der Waals surface area (Å²) in [6.07, 6.45) is 0. The minimum atomic E-state index is -0.432. The van der Waals surface area contributed by atoms with Crippen LogP contribution in [-0.4, -0.2) is 9.13 Å². The van der Waals surface area contributed by atoms with Gasteiger partial charge >= 0.3 is 0 Å². The minimum Gasteiger partial charge on any atom is -0.356 e. The van der Waals surface area contributed by atoms with Gasteiger partial charge in [0.05, 0.1) is 35.8 Å². The maximum Gasteiger partial charge on any atom is 0.0645 e. The Morgan fingerprint density at radius 1 is 0.263 bits per heavy atom. The van der Waals surface area contributed by atoms with Crippen LogP contribution in [0.1, 0.15) is 89.7 Å². The van der Waals surface area contributed by atoms with E-state index >= 15 is 0 Å². The summed E-state index contributed by atoms with van der Waals surface area (Å²) in [5, 5.41) is 11.9. The second kappa shape index (κ2) is 32.6. The lowest BCUT2D eigenvalue weighted by Gasteiger charge is -2.26. The number of halogens is 2. The first-order chi connectivity index (χ1) is 59.9. The standard InChI is InChI=1S/C64H53N3.C22H13Cl2N.C21H21N/c1-44(2)46-20-29-55(30-21-46)65(57-33-24-50(25-34-57)48-14-8-5-9-15-48)59-37-28-52-41-62-61-39-38-60(43-64(61)67(54-18-12-7-13-19-54)63(62)42-53(52)40-59)66(56-31-22-47(23-32-56)45(3)4)58-35-26-51(27-36-58)49-16-10-6-11-17-49;23-16-7-6-14-11-20-19-9-8-17(24)13-22(19)25(18-4-2-1-3-5-18)21(20)12-15(14)10-16;1-16(2)17-8-12-20(13-9-17)22-21-14-10-19(11-15-21)18-6-4-3-5-7-18/h5-45H,1-4H3;1-13H;3-16,22H,1-2H3/i7D,12D,13D,18D,19D;1D,2D,3D,4D,5D;. The Hall–Kier alpha value is -13.2. The molecule has 554 valence electrons. The summed E-state index contributed by atoms with van der Waals surface area (Å²) in [5.74, 6) is 1.32. The number of hydrogen-bond acceptors (Lipinski definition) is 3. The Balaban J connectivity index is 0.000000169. The lowest BCUT2D eigenvalue weighted by Crippen LogP contribution is -2.10. The van der Waals surface area contributed by atoms with Crippen molar-refractivity contribution in [2.45, 2.75) is 59.3 Å². The molecule has 17 aromatic carbocycles. The summed E-state index contributed by atoms with van der Waals surface area (Å²) in [6, 6.07) is 112. The molecular weight excluding hydrogens is 1430 g/mol. The van der Waals surface area contributed by atoms with Gasteiger partial charge in [0.25, 0.3) is 0 Å². The van der Waals surface area contributed by atoms with E-state index in [0.29, 0.717) is 44.3 Å². The number of nitrogens with one attached hydrogen (secondary N) is 1. The molecule has 114 heavy (non-hydrogen) atoms. The molecule has 0 saturated heterocycles. The third-order valence-electron chi connectivity index (χ3n) is 21.2. The number of aromatic nitrogens is 2. The SMILES string of the molecule is CC(C)c1ccc(Nc2ccc(-c3ccccc3)cc2)cc1.[2H]c1c([2H])c([2H])c(-n2c3cc(Cl)ccc3c3cc4ccc(Cl)cc4cc32)c([2H])c1[2H].[2H]c1c([2H])c([2H])c(-n2c3cc(N(c4ccc(-c5ccccc5)cc4)c4ccc(C(C)C)cc4)ccc3c3cc4ccc(N(c5ccc(-c6ccccc6)cc5)c5ccc(C(C)C)cc5)cc4cc32)c([2H])c1[2H]. The van der Waals surface area contributed by atoms with Gasteiger partial charge in [-0.05, 0) is 259 Å². The molecule has 0 spiro atoms. The summed E-state index contributed by atoms with van der Waals surface area (Å²) in [5.41, 5.74) is 21.8. The third-order valence-corrected chi connectivity index (χ3v) is 21.7. The van der Waals surface area contributed by atoms with E-state index < -0.39 is 12.1 Å². The summed E-state index contributed by atoms with van der Waals surface area (Å²) < 4.78 is 89.6. The molecule has 19 aromatic rings. The number of para-hydroxylation sites is 2. The van der Waals surface area contributed by atoms with E-state index in [4.69, 9.17) is 34.2 Å². The highest BCUT2D eigenvalue weighted by atomic mass is 35.5. The summed E-state index contributed by atoms with van der Waals surface area (Å²) in [6.45, 7) is 13.2. The molecule has 1 N–H and O–H groups in total. The van der Waals surface area contributed by atoms with Gasteiger partial charge in [-0.1, -0.05) is 289 Å². The van der Waals surface area contributed by atoms with Crippen LogP contribution in [0.3, 0.4) is 0 Å². The maximum atomic E-state index is 9.36. The summed E-state index contributed by atoms with van der Waals surface area (Å²) in [4.78, 5) is 4.49. The normalized spacial score (nSPS) is 12.6. The topological polar surface area (TPSA) is 28.4 Å². The second-order valence-electron chi connectivity index (χ2n) is 29.6. The average molecular weight is 1520 g/mol. The van der Waals surface area contributed by atoms with Crippen LogP contribution >= 0.6 is 23.2 Å². The second-order valence-corrected chi connectivity index (χ2v) is 30.4. The molecular formula is C107H87Cl2N5. The fraction of sp³-hybridized carbons (Fsp3) is 0.0841. The van der Waals surface area contributed by atoms with E-state index in [9.17, 15) is 2.74 Å². The van der Waals surface area contributed by atoms with Crippen molar-refractivity contribution in [1.82, 2.24) is 9.13 Å². The van der Waals surface area contributed by atoms with Crippen molar-refractivity contribution >= 4 is 134 Å². The van der Waals surface area contributed by atoms with Gasteiger partial charge < -0.3 is 24.3 Å². The zero-order valence-electron chi connectivity index (χ0n) is 74.0. The van der Waals surface area contributed by atoms with Crippen molar-refractivity contribution in [2.24, 2.45) is 0 Å². The molecule has 0 saturated carbocycles. The van der Waals surface area contributed by atoms with Crippen LogP contribution in [-0.2, 0) is 0 Å². The molecule has 0 amide bonds. The Labute approximate surface area is 692 Å². The summed E-state index contributed by atoms with van der Waals surface area (Å²) >= 11 is 12.5. The Kier molecular flexibility index (Phi) is 17.9.